The number of sulfone groups is 1. The molecule has 108 valence electrons. The summed E-state index contributed by atoms with van der Waals surface area (Å²) in [6.07, 6.45) is 6.54. The SMILES string of the molecule is CCCn1ccc(CNc2ccc(S(C)(=O)=O)cc2)c1. The lowest BCUT2D eigenvalue weighted by atomic mass is 10.3. The Balaban J connectivity index is 1.96. The molecule has 0 unspecified atom stereocenters. The van der Waals surface area contributed by atoms with Gasteiger partial charge < -0.3 is 9.88 Å². The van der Waals surface area contributed by atoms with Crippen molar-refractivity contribution in [1.29, 1.82) is 0 Å². The number of aromatic nitrogens is 1. The second-order valence-corrected chi connectivity index (χ2v) is 6.92. The minimum absolute atomic E-state index is 0.345. The van der Waals surface area contributed by atoms with Crippen LogP contribution in [0.3, 0.4) is 0 Å². The minimum Gasteiger partial charge on any atom is -0.381 e. The maximum atomic E-state index is 11.4. The summed E-state index contributed by atoms with van der Waals surface area (Å²) in [6, 6.07) is 8.92. The first kappa shape index (κ1) is 14.7. The molecule has 0 aliphatic carbocycles. The van der Waals surface area contributed by atoms with Crippen LogP contribution >= 0.6 is 0 Å². The van der Waals surface area contributed by atoms with Crippen LogP contribution in [-0.4, -0.2) is 19.2 Å². The molecule has 0 saturated carbocycles. The number of hydrogen-bond donors (Lipinski definition) is 1. The van der Waals surface area contributed by atoms with Crippen molar-refractivity contribution in [2.24, 2.45) is 0 Å². The maximum Gasteiger partial charge on any atom is 0.175 e. The molecule has 0 amide bonds. The average Bonchev–Trinajstić information content (AvgIpc) is 2.84. The summed E-state index contributed by atoms with van der Waals surface area (Å²) in [7, 11) is -3.12. The number of nitrogens with one attached hydrogen (secondary N) is 1. The van der Waals surface area contributed by atoms with Crippen LogP contribution < -0.4 is 5.32 Å². The van der Waals surface area contributed by atoms with Gasteiger partial charge >= 0.3 is 0 Å². The summed E-state index contributed by atoms with van der Waals surface area (Å²) < 4.78 is 24.9. The largest absolute Gasteiger partial charge is 0.381 e. The molecule has 0 bridgehead atoms. The molecule has 5 heteroatoms. The van der Waals surface area contributed by atoms with Crippen LogP contribution in [0.1, 0.15) is 18.9 Å². The van der Waals surface area contributed by atoms with Crippen molar-refractivity contribution in [2.45, 2.75) is 31.3 Å². The fraction of sp³-hybridized carbons (Fsp3) is 0.333. The predicted octanol–water partition coefficient (Wildman–Crippen LogP) is 2.91. The highest BCUT2D eigenvalue weighted by Crippen LogP contribution is 2.15. The standard InChI is InChI=1S/C15H20N2O2S/c1-3-9-17-10-8-13(12-17)11-16-14-4-6-15(7-5-14)20(2,18)19/h4-8,10,12,16H,3,9,11H2,1-2H3. The van der Waals surface area contributed by atoms with Gasteiger partial charge in [-0.3, -0.25) is 0 Å². The van der Waals surface area contributed by atoms with Crippen LogP contribution in [0.5, 0.6) is 0 Å². The normalized spacial score (nSPS) is 11.5. The van der Waals surface area contributed by atoms with Crippen LogP contribution in [0.15, 0.2) is 47.6 Å². The summed E-state index contributed by atoms with van der Waals surface area (Å²) in [4.78, 5) is 0.345. The third-order valence-corrected chi connectivity index (χ3v) is 4.20. The third-order valence-electron chi connectivity index (χ3n) is 3.07. The fourth-order valence-corrected chi connectivity index (χ4v) is 2.65. The Bertz CT molecular complexity index is 657. The molecule has 1 aromatic heterocycles. The maximum absolute atomic E-state index is 11.4. The zero-order valence-electron chi connectivity index (χ0n) is 11.8. The monoisotopic (exact) mass is 292 g/mol. The van der Waals surface area contributed by atoms with Crippen molar-refractivity contribution in [3.8, 4) is 0 Å². The minimum atomic E-state index is -3.12. The van der Waals surface area contributed by atoms with Gasteiger partial charge in [-0.15, -0.1) is 0 Å². The van der Waals surface area contributed by atoms with Gasteiger partial charge in [0.05, 0.1) is 4.90 Å². The van der Waals surface area contributed by atoms with Crippen LogP contribution in [0, 0.1) is 0 Å². The van der Waals surface area contributed by atoms with Crippen molar-refractivity contribution < 1.29 is 8.42 Å². The second-order valence-electron chi connectivity index (χ2n) is 4.91. The molecular formula is C15H20N2O2S. The first-order valence-electron chi connectivity index (χ1n) is 6.67. The summed E-state index contributed by atoms with van der Waals surface area (Å²) >= 11 is 0. The molecule has 20 heavy (non-hydrogen) atoms. The Morgan fingerprint density at radius 1 is 1.15 bits per heavy atom. The molecule has 0 spiro atoms. The zero-order valence-corrected chi connectivity index (χ0v) is 12.7. The Kier molecular flexibility index (Phi) is 4.49. The van der Waals surface area contributed by atoms with Crippen molar-refractivity contribution in [3.63, 3.8) is 0 Å². The van der Waals surface area contributed by atoms with Gasteiger partial charge in [-0.2, -0.15) is 0 Å². The summed E-state index contributed by atoms with van der Waals surface area (Å²) in [5.74, 6) is 0. The molecule has 4 nitrogen and oxygen atoms in total. The van der Waals surface area contributed by atoms with E-state index in [1.54, 1.807) is 24.3 Å². The molecule has 2 rings (SSSR count). The summed E-state index contributed by atoms with van der Waals surface area (Å²) in [5, 5.41) is 3.29. The zero-order chi connectivity index (χ0) is 14.6. The molecule has 1 heterocycles. The Hall–Kier alpha value is -1.75. The van der Waals surface area contributed by atoms with E-state index in [0.29, 0.717) is 4.90 Å². The second kappa shape index (κ2) is 6.13. The van der Waals surface area contributed by atoms with Gasteiger partial charge in [-0.05, 0) is 42.3 Å². The first-order chi connectivity index (χ1) is 9.49. The van der Waals surface area contributed by atoms with E-state index in [2.05, 4.69) is 35.3 Å². The Morgan fingerprint density at radius 3 is 2.45 bits per heavy atom. The van der Waals surface area contributed by atoms with Gasteiger partial charge in [-0.25, -0.2) is 8.42 Å². The highest BCUT2D eigenvalue weighted by Gasteiger charge is 2.05. The molecular weight excluding hydrogens is 272 g/mol. The molecule has 2 aromatic rings. The van der Waals surface area contributed by atoms with E-state index in [-0.39, 0.29) is 0 Å². The topological polar surface area (TPSA) is 51.1 Å². The van der Waals surface area contributed by atoms with E-state index >= 15 is 0 Å². The van der Waals surface area contributed by atoms with Crippen molar-refractivity contribution >= 4 is 15.5 Å². The molecule has 0 atom stereocenters. The van der Waals surface area contributed by atoms with Gasteiger partial charge in [0.2, 0.25) is 0 Å². The number of hydrogen-bond acceptors (Lipinski definition) is 3. The van der Waals surface area contributed by atoms with E-state index in [9.17, 15) is 8.42 Å². The van der Waals surface area contributed by atoms with Crippen molar-refractivity contribution in [1.82, 2.24) is 4.57 Å². The molecule has 0 aliphatic heterocycles. The summed E-state index contributed by atoms with van der Waals surface area (Å²) in [5.41, 5.74) is 2.13. The quantitative estimate of drug-likeness (QED) is 0.890. The van der Waals surface area contributed by atoms with E-state index in [4.69, 9.17) is 0 Å². The molecule has 1 aromatic carbocycles. The Labute approximate surface area is 120 Å². The molecule has 0 radical (unpaired) electrons. The number of aryl methyl sites for hydroxylation is 1. The Morgan fingerprint density at radius 2 is 1.85 bits per heavy atom. The highest BCUT2D eigenvalue weighted by atomic mass is 32.2. The highest BCUT2D eigenvalue weighted by molar-refractivity contribution is 7.90. The lowest BCUT2D eigenvalue weighted by Crippen LogP contribution is -2.00. The lowest BCUT2D eigenvalue weighted by Gasteiger charge is -2.06. The number of rotatable bonds is 6. The molecule has 0 fully saturated rings. The van der Waals surface area contributed by atoms with E-state index in [0.717, 1.165) is 25.2 Å². The van der Waals surface area contributed by atoms with Crippen molar-refractivity contribution in [3.05, 3.63) is 48.3 Å². The number of nitrogens with zero attached hydrogens (tertiary/aromatic N) is 1. The van der Waals surface area contributed by atoms with E-state index in [1.807, 2.05) is 0 Å². The van der Waals surface area contributed by atoms with Gasteiger partial charge in [0.15, 0.2) is 9.84 Å². The van der Waals surface area contributed by atoms with Crippen molar-refractivity contribution in [2.75, 3.05) is 11.6 Å². The fourth-order valence-electron chi connectivity index (χ4n) is 2.02. The van der Waals surface area contributed by atoms with Crippen LogP contribution in [0.4, 0.5) is 5.69 Å². The lowest BCUT2D eigenvalue weighted by molar-refractivity contribution is 0.602. The van der Waals surface area contributed by atoms with Gasteiger partial charge in [0.25, 0.3) is 0 Å². The van der Waals surface area contributed by atoms with Crippen LogP contribution in [-0.2, 0) is 22.9 Å². The molecule has 0 saturated heterocycles. The van der Waals surface area contributed by atoms with Crippen LogP contribution in [0.25, 0.3) is 0 Å². The summed E-state index contributed by atoms with van der Waals surface area (Å²) in [6.45, 7) is 3.92. The number of anilines is 1. The smallest absolute Gasteiger partial charge is 0.175 e. The van der Waals surface area contributed by atoms with Gasteiger partial charge in [0.1, 0.15) is 0 Å². The first-order valence-corrected chi connectivity index (χ1v) is 8.57. The van der Waals surface area contributed by atoms with E-state index in [1.165, 1.54) is 11.8 Å². The third kappa shape index (κ3) is 3.87. The molecule has 0 aliphatic rings. The average molecular weight is 292 g/mol. The van der Waals surface area contributed by atoms with Gasteiger partial charge in [-0.1, -0.05) is 6.92 Å². The number of benzene rings is 1. The van der Waals surface area contributed by atoms with Gasteiger partial charge in [0, 0.05) is 37.4 Å². The van der Waals surface area contributed by atoms with Crippen LogP contribution in [0.2, 0.25) is 0 Å². The van der Waals surface area contributed by atoms with E-state index < -0.39 is 9.84 Å². The predicted molar refractivity (Wildman–Crippen MR) is 81.6 cm³/mol. The molecule has 1 N–H and O–H groups in total.